The van der Waals surface area contributed by atoms with Crippen molar-refractivity contribution in [3.05, 3.63) is 0 Å². The quantitative estimate of drug-likeness (QED) is 0.356. The van der Waals surface area contributed by atoms with Crippen molar-refractivity contribution in [2.75, 3.05) is 19.8 Å². The van der Waals surface area contributed by atoms with E-state index in [1.807, 2.05) is 0 Å². The van der Waals surface area contributed by atoms with Crippen molar-refractivity contribution in [3.8, 4) is 0 Å². The summed E-state index contributed by atoms with van der Waals surface area (Å²) in [4.78, 5) is 0. The van der Waals surface area contributed by atoms with Crippen molar-refractivity contribution in [2.45, 2.75) is 32.7 Å². The van der Waals surface area contributed by atoms with Gasteiger partial charge in [-0.05, 0) is 0 Å². The van der Waals surface area contributed by atoms with Crippen molar-refractivity contribution in [2.24, 2.45) is 0 Å². The number of alkyl halides is 3. The maximum atomic E-state index is 3.51. The second-order valence-corrected chi connectivity index (χ2v) is 8.10. The van der Waals surface area contributed by atoms with Crippen LogP contribution in [-0.2, 0) is 0 Å². The van der Waals surface area contributed by atoms with Gasteiger partial charge in [0.15, 0.2) is 0 Å². The van der Waals surface area contributed by atoms with E-state index < -0.39 is 0 Å². The van der Waals surface area contributed by atoms with Crippen LogP contribution in [-0.4, -0.2) is 25.4 Å². The zero-order valence-electron chi connectivity index (χ0n) is 8.29. The molecule has 0 aromatic carbocycles. The zero-order chi connectivity index (χ0) is 9.45. The van der Waals surface area contributed by atoms with E-state index >= 15 is 0 Å². The first-order valence-electron chi connectivity index (χ1n) is 4.41. The van der Waals surface area contributed by atoms with E-state index in [-0.39, 0.29) is 0 Å². The van der Waals surface area contributed by atoms with E-state index in [0.29, 0.717) is 26.7 Å². The fourth-order valence-corrected chi connectivity index (χ4v) is 4.45. The van der Waals surface area contributed by atoms with Gasteiger partial charge in [-0.3, -0.25) is 0 Å². The molecule has 0 bridgehead atoms. The Morgan fingerprint density at radius 3 is 2.42 bits per heavy atom. The monoisotopic (exact) mass is 396 g/mol. The Morgan fingerprint density at radius 1 is 1.25 bits per heavy atom. The summed E-state index contributed by atoms with van der Waals surface area (Å²) in [5.41, 5.74) is 0.307. The van der Waals surface area contributed by atoms with Crippen LogP contribution in [0.1, 0.15) is 27.2 Å². The molecular weight excluding hydrogens is 376 g/mol. The molecule has 0 aromatic rings. The second kappa shape index (κ2) is 7.79. The SMILES string of the molecule is CC(C)(C)NCCC[I-]CCI. The van der Waals surface area contributed by atoms with E-state index in [0.717, 1.165) is 0 Å². The van der Waals surface area contributed by atoms with Gasteiger partial charge in [0.25, 0.3) is 0 Å². The Hall–Kier alpha value is 1.42. The van der Waals surface area contributed by atoms with Crippen molar-refractivity contribution in [1.82, 2.24) is 5.32 Å². The van der Waals surface area contributed by atoms with Gasteiger partial charge in [-0.25, -0.2) is 0 Å². The van der Waals surface area contributed by atoms with Crippen LogP contribution in [0.5, 0.6) is 0 Å². The third-order valence-electron chi connectivity index (χ3n) is 1.30. The second-order valence-electron chi connectivity index (χ2n) is 3.79. The zero-order valence-corrected chi connectivity index (χ0v) is 12.6. The van der Waals surface area contributed by atoms with Gasteiger partial charge >= 0.3 is 102 Å². The van der Waals surface area contributed by atoms with Crippen LogP contribution in [0.4, 0.5) is 0 Å². The van der Waals surface area contributed by atoms with Crippen molar-refractivity contribution >= 4 is 22.6 Å². The Morgan fingerprint density at radius 2 is 1.92 bits per heavy atom. The molecule has 0 heterocycles. The molecule has 0 unspecified atom stereocenters. The first kappa shape index (κ1) is 13.4. The Kier molecular flexibility index (Phi) is 8.71. The Bertz CT molecular complexity index is 99.2. The van der Waals surface area contributed by atoms with Crippen LogP contribution in [0, 0.1) is 0 Å². The number of rotatable bonds is 6. The van der Waals surface area contributed by atoms with Gasteiger partial charge in [0.2, 0.25) is 0 Å². The molecule has 0 saturated heterocycles. The minimum absolute atomic E-state index is 0.307. The average molecular weight is 396 g/mol. The van der Waals surface area contributed by atoms with Gasteiger partial charge in [0.05, 0.1) is 0 Å². The molecule has 0 saturated carbocycles. The molecule has 76 valence electrons. The van der Waals surface area contributed by atoms with Gasteiger partial charge in [-0.2, -0.15) is 0 Å². The predicted molar refractivity (Wildman–Crippen MR) is 61.0 cm³/mol. The summed E-state index contributed by atoms with van der Waals surface area (Å²) in [6, 6.07) is 0. The van der Waals surface area contributed by atoms with E-state index in [1.165, 1.54) is 26.2 Å². The van der Waals surface area contributed by atoms with Crippen molar-refractivity contribution in [3.63, 3.8) is 0 Å². The van der Waals surface area contributed by atoms with E-state index in [9.17, 15) is 0 Å². The fourth-order valence-electron chi connectivity index (χ4n) is 0.770. The van der Waals surface area contributed by atoms with Crippen LogP contribution < -0.4 is 26.5 Å². The molecule has 0 amide bonds. The molecule has 0 aliphatic rings. The van der Waals surface area contributed by atoms with E-state index in [1.54, 1.807) is 0 Å². The molecular formula is C9H20I2N-. The summed E-state index contributed by atoms with van der Waals surface area (Å²) in [6.07, 6.45) is 1.38. The molecule has 0 aromatic heterocycles. The molecule has 3 heteroatoms. The predicted octanol–water partition coefficient (Wildman–Crippen LogP) is -0.711. The normalized spacial score (nSPS) is 12.3. The number of hydrogen-bond acceptors (Lipinski definition) is 1. The third kappa shape index (κ3) is 11.4. The molecule has 0 fully saturated rings. The summed E-state index contributed by atoms with van der Waals surface area (Å²) in [5.74, 6) is 0. The minimum atomic E-state index is 0.307. The van der Waals surface area contributed by atoms with Gasteiger partial charge in [0.1, 0.15) is 0 Å². The van der Waals surface area contributed by atoms with E-state index in [4.69, 9.17) is 0 Å². The molecule has 1 N–H and O–H groups in total. The van der Waals surface area contributed by atoms with Crippen LogP contribution in [0.25, 0.3) is 0 Å². The van der Waals surface area contributed by atoms with Crippen LogP contribution in [0.2, 0.25) is 0 Å². The summed E-state index contributed by atoms with van der Waals surface area (Å²) in [5, 5.41) is 3.51. The number of halogens is 2. The molecule has 0 spiro atoms. The first-order valence-corrected chi connectivity index (χ1v) is 8.98. The summed E-state index contributed by atoms with van der Waals surface area (Å²) in [6.45, 7) is 7.89. The first-order chi connectivity index (χ1) is 5.56. The molecule has 0 aliphatic heterocycles. The Balaban J connectivity index is 3.01. The third-order valence-corrected chi connectivity index (χ3v) is 6.74. The molecule has 0 atom stereocenters. The molecule has 12 heavy (non-hydrogen) atoms. The van der Waals surface area contributed by atoms with Crippen molar-refractivity contribution in [1.29, 1.82) is 0 Å². The van der Waals surface area contributed by atoms with Crippen LogP contribution in [0.3, 0.4) is 0 Å². The molecule has 0 radical (unpaired) electrons. The summed E-state index contributed by atoms with van der Waals surface area (Å²) < 4.78 is 4.34. The number of nitrogens with one attached hydrogen (secondary N) is 1. The average Bonchev–Trinajstić information content (AvgIpc) is 1.94. The summed E-state index contributed by atoms with van der Waals surface area (Å²) in [7, 11) is 0. The van der Waals surface area contributed by atoms with Crippen LogP contribution in [0.15, 0.2) is 0 Å². The maximum absolute atomic E-state index is 3.51. The molecule has 0 rings (SSSR count). The molecule has 0 aliphatic carbocycles. The van der Waals surface area contributed by atoms with Gasteiger partial charge in [-0.1, -0.05) is 0 Å². The van der Waals surface area contributed by atoms with Crippen LogP contribution >= 0.6 is 22.6 Å². The fraction of sp³-hybridized carbons (Fsp3) is 1.00. The van der Waals surface area contributed by atoms with Crippen molar-refractivity contribution < 1.29 is 21.2 Å². The van der Waals surface area contributed by atoms with Gasteiger partial charge < -0.3 is 0 Å². The topological polar surface area (TPSA) is 12.0 Å². The standard InChI is InChI=1S/C9H20I2N/c1-9(2,3)12-8-4-6-11-7-5-10/h12H,4-8H2,1-3H3/q-1. The van der Waals surface area contributed by atoms with Gasteiger partial charge in [-0.15, -0.1) is 0 Å². The number of hydrogen-bond donors (Lipinski definition) is 1. The Labute approximate surface area is 101 Å². The van der Waals surface area contributed by atoms with E-state index in [2.05, 4.69) is 48.7 Å². The summed E-state index contributed by atoms with van der Waals surface area (Å²) >= 11 is 3.00. The van der Waals surface area contributed by atoms with Gasteiger partial charge in [0, 0.05) is 0 Å². The molecule has 1 nitrogen and oxygen atoms in total.